The first-order chi connectivity index (χ1) is 10.8. The molecule has 0 aliphatic carbocycles. The Morgan fingerprint density at radius 2 is 2.23 bits per heavy atom. The molecule has 2 aromatic heterocycles. The maximum atomic E-state index is 12.5. The van der Waals surface area contributed by atoms with E-state index in [2.05, 4.69) is 15.2 Å². The number of aromatic amines is 1. The predicted molar refractivity (Wildman–Crippen MR) is 82.3 cm³/mol. The number of carbonyl (C=O) groups excluding carboxylic acids is 1. The van der Waals surface area contributed by atoms with Gasteiger partial charge in [0.1, 0.15) is 6.54 Å². The number of nitrogens with one attached hydrogen (secondary N) is 1. The van der Waals surface area contributed by atoms with Crippen LogP contribution in [-0.2, 0) is 11.3 Å². The monoisotopic (exact) mass is 295 g/mol. The van der Waals surface area contributed by atoms with E-state index in [-0.39, 0.29) is 5.91 Å². The van der Waals surface area contributed by atoms with Crippen LogP contribution in [0.4, 0.5) is 0 Å². The van der Waals surface area contributed by atoms with Crippen LogP contribution in [0.1, 0.15) is 18.0 Å². The van der Waals surface area contributed by atoms with Crippen molar-refractivity contribution in [1.82, 2.24) is 24.6 Å². The molecule has 1 N–H and O–H groups in total. The average molecular weight is 295 g/mol. The maximum absolute atomic E-state index is 12.5. The average Bonchev–Trinajstić information content (AvgIpc) is 3.28. The van der Waals surface area contributed by atoms with Gasteiger partial charge in [0.2, 0.25) is 5.91 Å². The first-order valence-electron chi connectivity index (χ1n) is 7.48. The van der Waals surface area contributed by atoms with Crippen LogP contribution in [-0.4, -0.2) is 43.6 Å². The van der Waals surface area contributed by atoms with Gasteiger partial charge in [0, 0.05) is 30.9 Å². The number of hydrogen-bond donors (Lipinski definition) is 1. The third-order valence-electron chi connectivity index (χ3n) is 4.34. The molecule has 0 bridgehead atoms. The van der Waals surface area contributed by atoms with E-state index in [4.69, 9.17) is 0 Å². The molecule has 1 aromatic carbocycles. The Balaban J connectivity index is 1.47. The number of rotatable bonds is 3. The molecule has 1 amide bonds. The van der Waals surface area contributed by atoms with Crippen molar-refractivity contribution in [2.24, 2.45) is 0 Å². The second-order valence-electron chi connectivity index (χ2n) is 5.70. The van der Waals surface area contributed by atoms with Gasteiger partial charge in [-0.1, -0.05) is 12.1 Å². The normalized spacial score (nSPS) is 18.2. The van der Waals surface area contributed by atoms with Crippen LogP contribution in [0.15, 0.2) is 42.9 Å². The highest BCUT2D eigenvalue weighted by Gasteiger charge is 2.28. The first kappa shape index (κ1) is 13.1. The summed E-state index contributed by atoms with van der Waals surface area (Å²) in [7, 11) is 0. The molecule has 3 heterocycles. The molecule has 112 valence electrons. The van der Waals surface area contributed by atoms with Crippen molar-refractivity contribution in [1.29, 1.82) is 0 Å². The first-order valence-corrected chi connectivity index (χ1v) is 7.48. The van der Waals surface area contributed by atoms with Crippen LogP contribution < -0.4 is 0 Å². The van der Waals surface area contributed by atoms with Gasteiger partial charge < -0.3 is 9.47 Å². The van der Waals surface area contributed by atoms with Crippen LogP contribution in [0, 0.1) is 0 Å². The lowest BCUT2D eigenvalue weighted by Crippen LogP contribution is -2.31. The fourth-order valence-electron chi connectivity index (χ4n) is 3.12. The number of nitrogens with zero attached hydrogens (tertiary/aromatic N) is 4. The summed E-state index contributed by atoms with van der Waals surface area (Å²) >= 11 is 0. The molecule has 0 saturated carbocycles. The lowest BCUT2D eigenvalue weighted by atomic mass is 10.1. The molecule has 1 fully saturated rings. The van der Waals surface area contributed by atoms with Crippen molar-refractivity contribution in [3.05, 3.63) is 48.5 Å². The third-order valence-corrected chi connectivity index (χ3v) is 4.34. The zero-order chi connectivity index (χ0) is 14.9. The highest BCUT2D eigenvalue weighted by atomic mass is 16.2. The van der Waals surface area contributed by atoms with E-state index in [0.717, 1.165) is 36.2 Å². The van der Waals surface area contributed by atoms with Crippen molar-refractivity contribution in [2.45, 2.75) is 18.9 Å². The van der Waals surface area contributed by atoms with Gasteiger partial charge in [0.05, 0.1) is 17.4 Å². The molecule has 4 rings (SSSR count). The summed E-state index contributed by atoms with van der Waals surface area (Å²) in [6, 6.07) is 9.86. The lowest BCUT2D eigenvalue weighted by molar-refractivity contribution is -0.130. The van der Waals surface area contributed by atoms with E-state index in [1.165, 1.54) is 0 Å². The third kappa shape index (κ3) is 2.26. The topological polar surface area (TPSA) is 66.8 Å². The van der Waals surface area contributed by atoms with Crippen molar-refractivity contribution in [2.75, 3.05) is 13.1 Å². The van der Waals surface area contributed by atoms with Gasteiger partial charge in [-0.05, 0) is 24.6 Å². The minimum absolute atomic E-state index is 0.144. The van der Waals surface area contributed by atoms with E-state index in [1.807, 2.05) is 39.8 Å². The summed E-state index contributed by atoms with van der Waals surface area (Å²) in [5.41, 5.74) is 3.04. The van der Waals surface area contributed by atoms with Gasteiger partial charge in [-0.25, -0.2) is 4.98 Å². The number of aromatic nitrogens is 4. The van der Waals surface area contributed by atoms with Gasteiger partial charge in [-0.2, -0.15) is 5.10 Å². The van der Waals surface area contributed by atoms with Crippen LogP contribution in [0.5, 0.6) is 0 Å². The Morgan fingerprint density at radius 3 is 3.09 bits per heavy atom. The molecule has 1 saturated heterocycles. The number of amides is 1. The number of H-pyrrole nitrogens is 1. The molecule has 0 unspecified atom stereocenters. The Hall–Kier alpha value is -2.63. The van der Waals surface area contributed by atoms with Crippen molar-refractivity contribution in [3.8, 4) is 0 Å². The van der Waals surface area contributed by atoms with E-state index < -0.39 is 0 Å². The second kappa shape index (κ2) is 5.29. The summed E-state index contributed by atoms with van der Waals surface area (Å²) < 4.78 is 1.92. The molecule has 1 atom stereocenters. The van der Waals surface area contributed by atoms with Crippen molar-refractivity contribution < 1.29 is 4.79 Å². The van der Waals surface area contributed by atoms with E-state index in [1.54, 1.807) is 12.5 Å². The Bertz CT molecular complexity index is 792. The van der Waals surface area contributed by atoms with Gasteiger partial charge in [0.25, 0.3) is 0 Å². The van der Waals surface area contributed by atoms with Crippen LogP contribution in [0.3, 0.4) is 0 Å². The summed E-state index contributed by atoms with van der Waals surface area (Å²) in [4.78, 5) is 18.8. The summed E-state index contributed by atoms with van der Waals surface area (Å²) in [6.45, 7) is 1.90. The number of likely N-dealkylation sites (tertiary alicyclic amines) is 1. The van der Waals surface area contributed by atoms with Crippen LogP contribution in [0.2, 0.25) is 0 Å². The van der Waals surface area contributed by atoms with Gasteiger partial charge >= 0.3 is 0 Å². The number of hydrogen-bond acceptors (Lipinski definition) is 3. The molecule has 6 nitrogen and oxygen atoms in total. The number of benzene rings is 1. The summed E-state index contributed by atoms with van der Waals surface area (Å²) in [5, 5.41) is 7.00. The number of imidazole rings is 1. The number of carbonyl (C=O) groups is 1. The molecule has 0 radical (unpaired) electrons. The summed E-state index contributed by atoms with van der Waals surface area (Å²) in [5.74, 6) is 0.510. The fraction of sp³-hybridized carbons (Fsp3) is 0.312. The Morgan fingerprint density at radius 1 is 1.32 bits per heavy atom. The minimum Gasteiger partial charge on any atom is -0.340 e. The van der Waals surface area contributed by atoms with E-state index in [9.17, 15) is 4.79 Å². The van der Waals surface area contributed by atoms with Crippen molar-refractivity contribution in [3.63, 3.8) is 0 Å². The minimum atomic E-state index is 0.144. The van der Waals surface area contributed by atoms with E-state index in [0.29, 0.717) is 12.5 Å². The zero-order valence-corrected chi connectivity index (χ0v) is 12.1. The smallest absolute Gasteiger partial charge is 0.242 e. The summed E-state index contributed by atoms with van der Waals surface area (Å²) in [6.07, 6.45) is 4.49. The van der Waals surface area contributed by atoms with E-state index >= 15 is 0 Å². The highest BCUT2D eigenvalue weighted by Crippen LogP contribution is 2.25. The lowest BCUT2D eigenvalue weighted by Gasteiger charge is -2.16. The molecule has 22 heavy (non-hydrogen) atoms. The van der Waals surface area contributed by atoms with Gasteiger partial charge in [0.15, 0.2) is 0 Å². The molecular weight excluding hydrogens is 278 g/mol. The molecule has 1 aliphatic rings. The van der Waals surface area contributed by atoms with Crippen molar-refractivity contribution >= 4 is 16.9 Å². The SMILES string of the molecule is O=C(Cn1cnc2ccccc21)N1CC[C@@H](c2ccn[nH]2)C1. The fourth-order valence-corrected chi connectivity index (χ4v) is 3.12. The van der Waals surface area contributed by atoms with Crippen LogP contribution in [0.25, 0.3) is 11.0 Å². The quantitative estimate of drug-likeness (QED) is 0.801. The molecular formula is C16H17N5O. The maximum Gasteiger partial charge on any atom is 0.242 e. The molecule has 0 spiro atoms. The number of fused-ring (bicyclic) bond motifs is 1. The Kier molecular flexibility index (Phi) is 3.14. The molecule has 3 aromatic rings. The second-order valence-corrected chi connectivity index (χ2v) is 5.70. The van der Waals surface area contributed by atoms with Crippen LogP contribution >= 0.6 is 0 Å². The Labute approximate surface area is 127 Å². The molecule has 6 heteroatoms. The highest BCUT2D eigenvalue weighted by molar-refractivity contribution is 5.80. The number of para-hydroxylation sites is 2. The standard InChI is InChI=1S/C16H17N5O/c22-16(10-21-11-17-14-3-1-2-4-15(14)21)20-8-6-12(9-20)13-5-7-18-19-13/h1-5,7,11-12H,6,8-10H2,(H,18,19)/t12-/m1/s1. The van der Waals surface area contributed by atoms with Gasteiger partial charge in [-0.3, -0.25) is 9.89 Å². The van der Waals surface area contributed by atoms with Gasteiger partial charge in [-0.15, -0.1) is 0 Å². The zero-order valence-electron chi connectivity index (χ0n) is 12.1. The molecule has 1 aliphatic heterocycles. The predicted octanol–water partition coefficient (Wildman–Crippen LogP) is 1.78. The largest absolute Gasteiger partial charge is 0.340 e.